The van der Waals surface area contributed by atoms with Crippen LogP contribution in [0, 0.1) is 23.2 Å². The Labute approximate surface area is 187 Å². The molecule has 31 heavy (non-hydrogen) atoms. The van der Waals surface area contributed by atoms with Crippen molar-refractivity contribution in [1.29, 1.82) is 0 Å². The Morgan fingerprint density at radius 3 is 2.81 bits per heavy atom. The average molecular weight is 442 g/mol. The fourth-order valence-corrected chi connectivity index (χ4v) is 6.47. The van der Waals surface area contributed by atoms with Gasteiger partial charge in [-0.3, -0.25) is 9.59 Å². The van der Waals surface area contributed by atoms with Crippen LogP contribution in [0.2, 0.25) is 0 Å². The topological polar surface area (TPSA) is 86.6 Å². The van der Waals surface area contributed by atoms with Gasteiger partial charge in [0.1, 0.15) is 5.75 Å². The lowest BCUT2D eigenvalue weighted by atomic mass is 9.44. The summed E-state index contributed by atoms with van der Waals surface area (Å²) in [7, 11) is 0. The molecule has 166 valence electrons. The van der Waals surface area contributed by atoms with Crippen LogP contribution in [0.1, 0.15) is 62.7 Å². The minimum Gasteiger partial charge on any atom is -0.508 e. The van der Waals surface area contributed by atoms with E-state index in [0.717, 1.165) is 29.3 Å². The SMILES string of the molecule is CC1(C)[C@@H]2C[C@@H](C/C=C\CCCC(=O)O)C(NC(=O)c3csc4ccc(O)cc34)[C@H]1C2. The molecule has 0 saturated heterocycles. The van der Waals surface area contributed by atoms with Crippen LogP contribution in [0.3, 0.4) is 0 Å². The van der Waals surface area contributed by atoms with E-state index in [1.165, 1.54) is 17.8 Å². The first kappa shape index (κ1) is 21.9. The molecular formula is C25H31NO4S. The lowest BCUT2D eigenvalue weighted by molar-refractivity contribution is -0.137. The Balaban J connectivity index is 1.46. The molecule has 1 aromatic heterocycles. The van der Waals surface area contributed by atoms with Crippen molar-refractivity contribution in [3.8, 4) is 5.75 Å². The van der Waals surface area contributed by atoms with Crippen LogP contribution in [-0.2, 0) is 4.79 Å². The Kier molecular flexibility index (Phi) is 6.11. The second kappa shape index (κ2) is 8.65. The summed E-state index contributed by atoms with van der Waals surface area (Å²) in [5.41, 5.74) is 0.882. The number of hydrogen-bond donors (Lipinski definition) is 3. The molecule has 5 nitrogen and oxygen atoms in total. The molecule has 0 aliphatic heterocycles. The van der Waals surface area contributed by atoms with E-state index >= 15 is 0 Å². The summed E-state index contributed by atoms with van der Waals surface area (Å²) in [5.74, 6) is 0.939. The summed E-state index contributed by atoms with van der Waals surface area (Å²) in [6.07, 6.45) is 9.08. The predicted octanol–water partition coefficient (Wildman–Crippen LogP) is 5.59. The van der Waals surface area contributed by atoms with Crippen molar-refractivity contribution >= 4 is 33.3 Å². The second-order valence-electron chi connectivity index (χ2n) is 9.68. The number of nitrogens with one attached hydrogen (secondary N) is 1. The van der Waals surface area contributed by atoms with Gasteiger partial charge in [-0.25, -0.2) is 0 Å². The number of benzene rings is 1. The summed E-state index contributed by atoms with van der Waals surface area (Å²) in [5, 5.41) is 24.7. The Morgan fingerprint density at radius 2 is 2.06 bits per heavy atom. The number of carboxylic acid groups (broad SMARTS) is 1. The van der Waals surface area contributed by atoms with Crippen LogP contribution in [0.5, 0.6) is 5.75 Å². The van der Waals surface area contributed by atoms with Crippen molar-refractivity contribution in [3.05, 3.63) is 41.3 Å². The summed E-state index contributed by atoms with van der Waals surface area (Å²) in [4.78, 5) is 23.9. The first-order chi connectivity index (χ1) is 14.8. The summed E-state index contributed by atoms with van der Waals surface area (Å²) in [6.45, 7) is 4.64. The van der Waals surface area contributed by atoms with E-state index in [9.17, 15) is 14.7 Å². The molecule has 3 saturated carbocycles. The number of allylic oxidation sites excluding steroid dienone is 2. The zero-order valence-electron chi connectivity index (χ0n) is 18.1. The number of carbonyl (C=O) groups is 2. The average Bonchev–Trinajstić information content (AvgIpc) is 3.13. The van der Waals surface area contributed by atoms with Gasteiger partial charge in [-0.1, -0.05) is 26.0 Å². The number of hydrogen-bond acceptors (Lipinski definition) is 4. The molecule has 0 radical (unpaired) electrons. The number of fused-ring (bicyclic) bond motifs is 3. The van der Waals surface area contributed by atoms with Crippen LogP contribution in [0.25, 0.3) is 10.1 Å². The molecule has 3 fully saturated rings. The van der Waals surface area contributed by atoms with Gasteiger partial charge in [0.15, 0.2) is 0 Å². The number of rotatable bonds is 8. The van der Waals surface area contributed by atoms with E-state index < -0.39 is 5.97 Å². The molecule has 1 amide bonds. The van der Waals surface area contributed by atoms with E-state index in [-0.39, 0.29) is 29.5 Å². The number of thiophene rings is 1. The van der Waals surface area contributed by atoms with Gasteiger partial charge in [0.2, 0.25) is 0 Å². The van der Waals surface area contributed by atoms with Gasteiger partial charge >= 0.3 is 5.97 Å². The van der Waals surface area contributed by atoms with Crippen molar-refractivity contribution in [3.63, 3.8) is 0 Å². The van der Waals surface area contributed by atoms with Crippen molar-refractivity contribution in [2.75, 3.05) is 0 Å². The Morgan fingerprint density at radius 1 is 1.26 bits per heavy atom. The lowest BCUT2D eigenvalue weighted by Gasteiger charge is -2.62. The highest BCUT2D eigenvalue weighted by atomic mass is 32.1. The zero-order valence-corrected chi connectivity index (χ0v) is 19.0. The molecule has 1 aromatic carbocycles. The maximum absolute atomic E-state index is 13.2. The van der Waals surface area contributed by atoms with Gasteiger partial charge in [-0.2, -0.15) is 0 Å². The van der Waals surface area contributed by atoms with Crippen molar-refractivity contribution < 1.29 is 19.8 Å². The maximum atomic E-state index is 13.2. The molecular weight excluding hydrogens is 410 g/mol. The van der Waals surface area contributed by atoms with Gasteiger partial charge in [0.05, 0.1) is 5.56 Å². The van der Waals surface area contributed by atoms with Gasteiger partial charge < -0.3 is 15.5 Å². The number of carboxylic acids is 1. The first-order valence-electron chi connectivity index (χ1n) is 11.1. The molecule has 3 aliphatic carbocycles. The summed E-state index contributed by atoms with van der Waals surface area (Å²) >= 11 is 1.52. The van der Waals surface area contributed by atoms with E-state index in [1.54, 1.807) is 12.1 Å². The minimum absolute atomic E-state index is 0.0570. The number of unbranched alkanes of at least 4 members (excludes halogenated alkanes) is 1. The summed E-state index contributed by atoms with van der Waals surface area (Å²) < 4.78 is 0.997. The van der Waals surface area contributed by atoms with Gasteiger partial charge in [-0.15, -0.1) is 11.3 Å². The van der Waals surface area contributed by atoms with Gasteiger partial charge in [-0.05, 0) is 73.5 Å². The third kappa shape index (κ3) is 4.36. The molecule has 3 N–H and O–H groups in total. The number of aliphatic carboxylic acids is 1. The molecule has 6 heteroatoms. The number of phenols is 1. The largest absolute Gasteiger partial charge is 0.508 e. The third-order valence-electron chi connectivity index (χ3n) is 7.54. The Hall–Kier alpha value is -2.34. The van der Waals surface area contributed by atoms with E-state index in [1.807, 2.05) is 11.4 Å². The first-order valence-corrected chi connectivity index (χ1v) is 12.0. The second-order valence-corrected chi connectivity index (χ2v) is 10.6. The molecule has 3 aliphatic rings. The molecule has 5 rings (SSSR count). The highest BCUT2D eigenvalue weighted by Gasteiger charge is 2.57. The lowest BCUT2D eigenvalue weighted by Crippen LogP contribution is -2.63. The molecule has 0 spiro atoms. The minimum atomic E-state index is -0.750. The van der Waals surface area contributed by atoms with Gasteiger partial charge in [0, 0.05) is 27.9 Å². The van der Waals surface area contributed by atoms with E-state index in [0.29, 0.717) is 29.7 Å². The fraction of sp³-hybridized carbons (Fsp3) is 0.520. The number of carbonyl (C=O) groups excluding carboxylic acids is 1. The van der Waals surface area contributed by atoms with Crippen molar-refractivity contribution in [1.82, 2.24) is 5.32 Å². The van der Waals surface area contributed by atoms with Crippen LogP contribution >= 0.6 is 11.3 Å². The third-order valence-corrected chi connectivity index (χ3v) is 8.50. The zero-order chi connectivity index (χ0) is 22.2. The molecule has 2 bridgehead atoms. The Bertz CT molecular complexity index is 1010. The molecule has 1 heterocycles. The normalized spacial score (nSPS) is 26.6. The molecule has 1 unspecified atom stereocenters. The number of aromatic hydroxyl groups is 1. The van der Waals surface area contributed by atoms with E-state index in [4.69, 9.17) is 5.11 Å². The van der Waals surface area contributed by atoms with Crippen LogP contribution in [-0.4, -0.2) is 28.1 Å². The van der Waals surface area contributed by atoms with Crippen LogP contribution in [0.4, 0.5) is 0 Å². The quantitative estimate of drug-likeness (QED) is 0.368. The maximum Gasteiger partial charge on any atom is 0.303 e. The van der Waals surface area contributed by atoms with Gasteiger partial charge in [0.25, 0.3) is 5.91 Å². The molecule has 2 aromatic rings. The van der Waals surface area contributed by atoms with Crippen molar-refractivity contribution in [2.24, 2.45) is 23.2 Å². The summed E-state index contributed by atoms with van der Waals surface area (Å²) in [6, 6.07) is 5.30. The van der Waals surface area contributed by atoms with Crippen molar-refractivity contribution in [2.45, 2.75) is 58.4 Å². The molecule has 4 atom stereocenters. The monoisotopic (exact) mass is 441 g/mol. The van der Waals surface area contributed by atoms with Crippen LogP contribution in [0.15, 0.2) is 35.7 Å². The highest BCUT2D eigenvalue weighted by Crippen LogP contribution is 2.61. The van der Waals surface area contributed by atoms with Crippen LogP contribution < -0.4 is 5.32 Å². The highest BCUT2D eigenvalue weighted by molar-refractivity contribution is 7.17. The number of phenolic OH excluding ortho intramolecular Hbond substituents is 1. The standard InChI is InChI=1S/C25H31NO4S/c1-25(2)16-11-15(7-5-3-4-6-8-22(28)29)23(20(25)12-16)26-24(30)19-14-31-21-10-9-17(27)13-18(19)21/h3,5,9-10,13-16,20,23,27H,4,6-8,11-12H2,1-2H3,(H,26,30)(H,28,29)/b5-3-/t15-,16-,20-,23?/m1/s1. The fourth-order valence-electron chi connectivity index (χ4n) is 5.55. The van der Waals surface area contributed by atoms with E-state index in [2.05, 4.69) is 31.3 Å². The predicted molar refractivity (Wildman–Crippen MR) is 123 cm³/mol. The smallest absolute Gasteiger partial charge is 0.303 e. The number of amides is 1.